The SMILES string of the molecule is CC(C)(C)OC(=O)N1CCC(n2cc(-c3cc(F)c4c(c3)C(=O)N(C(C=O)c3ncn5c3CCC5)C4)cn2)CC1. The van der Waals surface area contributed by atoms with Gasteiger partial charge in [0.2, 0.25) is 0 Å². The van der Waals surface area contributed by atoms with Gasteiger partial charge in [0.25, 0.3) is 5.91 Å². The molecule has 1 unspecified atom stereocenters. The van der Waals surface area contributed by atoms with E-state index in [1.165, 1.54) is 11.0 Å². The first-order valence-corrected chi connectivity index (χ1v) is 13.8. The van der Waals surface area contributed by atoms with Gasteiger partial charge in [0.05, 0.1) is 30.8 Å². The van der Waals surface area contributed by atoms with Crippen LogP contribution >= 0.6 is 0 Å². The molecule has 0 saturated carbocycles. The van der Waals surface area contributed by atoms with Crippen LogP contribution in [-0.2, 0) is 29.0 Å². The minimum absolute atomic E-state index is 0.0193. The average Bonchev–Trinajstić information content (AvgIpc) is 3.70. The van der Waals surface area contributed by atoms with Crippen LogP contribution in [0.3, 0.4) is 0 Å². The number of benzene rings is 1. The van der Waals surface area contributed by atoms with Crippen LogP contribution in [0.4, 0.5) is 9.18 Å². The molecule has 2 amide bonds. The Kier molecular flexibility index (Phi) is 6.47. The van der Waals surface area contributed by atoms with Crippen molar-refractivity contribution in [1.82, 2.24) is 29.1 Å². The number of fused-ring (bicyclic) bond motifs is 2. The standard InChI is InChI=1S/C29H33FN6O4/c1-29(2,3)40-28(39)33-9-6-20(7-10-33)36-14-19(13-32-36)18-11-21-22(23(30)12-18)15-35(27(21)38)25(16-37)26-24-5-4-8-34(24)17-31-26/h11-14,16-17,20,25H,4-10,15H2,1-3H3. The van der Waals surface area contributed by atoms with E-state index in [1.807, 2.05) is 36.2 Å². The van der Waals surface area contributed by atoms with Crippen LogP contribution in [0.15, 0.2) is 30.9 Å². The molecule has 3 aliphatic rings. The first-order valence-electron chi connectivity index (χ1n) is 13.8. The van der Waals surface area contributed by atoms with Gasteiger partial charge in [0.15, 0.2) is 0 Å². The number of aromatic nitrogens is 4. The van der Waals surface area contributed by atoms with E-state index in [0.717, 1.165) is 44.2 Å². The normalized spacial score (nSPS) is 18.1. The molecule has 1 aromatic carbocycles. The number of carbonyl (C=O) groups is 3. The number of amides is 2. The van der Waals surface area contributed by atoms with Crippen molar-refractivity contribution < 1.29 is 23.5 Å². The maximum absolute atomic E-state index is 15.3. The third-order valence-electron chi connectivity index (χ3n) is 7.98. The van der Waals surface area contributed by atoms with Crippen LogP contribution in [0.1, 0.15) is 79.4 Å². The van der Waals surface area contributed by atoms with Crippen LogP contribution in [-0.4, -0.2) is 66.1 Å². The predicted octanol–water partition coefficient (Wildman–Crippen LogP) is 4.30. The van der Waals surface area contributed by atoms with Gasteiger partial charge in [-0.1, -0.05) is 0 Å². The molecule has 0 spiro atoms. The predicted molar refractivity (Wildman–Crippen MR) is 143 cm³/mol. The van der Waals surface area contributed by atoms with Crippen molar-refractivity contribution in [2.24, 2.45) is 0 Å². The molecule has 1 fully saturated rings. The van der Waals surface area contributed by atoms with Gasteiger partial charge in [-0.25, -0.2) is 14.2 Å². The van der Waals surface area contributed by atoms with Gasteiger partial charge in [0.1, 0.15) is 23.7 Å². The Hall–Kier alpha value is -4.02. The Labute approximate surface area is 231 Å². The Morgan fingerprint density at radius 1 is 1.18 bits per heavy atom. The summed E-state index contributed by atoms with van der Waals surface area (Å²) in [6.45, 7) is 7.53. The molecular formula is C29H33FN6O4. The molecule has 40 heavy (non-hydrogen) atoms. The maximum Gasteiger partial charge on any atom is 0.410 e. The average molecular weight is 549 g/mol. The lowest BCUT2D eigenvalue weighted by Gasteiger charge is -2.33. The number of likely N-dealkylation sites (tertiary alicyclic amines) is 1. The fourth-order valence-electron chi connectivity index (χ4n) is 5.94. The number of aldehydes is 1. The van der Waals surface area contributed by atoms with Crippen molar-refractivity contribution in [3.8, 4) is 11.1 Å². The van der Waals surface area contributed by atoms with E-state index in [2.05, 4.69) is 10.1 Å². The number of ether oxygens (including phenoxy) is 1. The molecule has 11 heteroatoms. The van der Waals surface area contributed by atoms with Crippen molar-refractivity contribution in [2.45, 2.75) is 77.2 Å². The summed E-state index contributed by atoms with van der Waals surface area (Å²) >= 11 is 0. The molecule has 2 aromatic heterocycles. The summed E-state index contributed by atoms with van der Waals surface area (Å²) in [5, 5.41) is 4.52. The maximum atomic E-state index is 15.3. The minimum Gasteiger partial charge on any atom is -0.444 e. The van der Waals surface area contributed by atoms with Gasteiger partial charge < -0.3 is 23.9 Å². The zero-order valence-corrected chi connectivity index (χ0v) is 23.0. The van der Waals surface area contributed by atoms with E-state index in [0.29, 0.717) is 35.5 Å². The van der Waals surface area contributed by atoms with Crippen LogP contribution in [0.2, 0.25) is 0 Å². The molecular weight excluding hydrogens is 515 g/mol. The number of hydrogen-bond donors (Lipinski definition) is 0. The number of hydrogen-bond acceptors (Lipinski definition) is 6. The van der Waals surface area contributed by atoms with Crippen molar-refractivity contribution >= 4 is 18.3 Å². The number of nitrogens with zero attached hydrogens (tertiary/aromatic N) is 6. The van der Waals surface area contributed by atoms with Gasteiger partial charge >= 0.3 is 6.09 Å². The first kappa shape index (κ1) is 26.2. The molecule has 3 aliphatic heterocycles. The molecule has 10 nitrogen and oxygen atoms in total. The zero-order chi connectivity index (χ0) is 28.2. The van der Waals surface area contributed by atoms with E-state index < -0.39 is 17.5 Å². The van der Waals surface area contributed by atoms with Crippen LogP contribution in [0, 0.1) is 5.82 Å². The van der Waals surface area contributed by atoms with E-state index in [9.17, 15) is 14.4 Å². The third-order valence-corrected chi connectivity index (χ3v) is 7.98. The van der Waals surface area contributed by atoms with Gasteiger partial charge in [-0.2, -0.15) is 5.10 Å². The monoisotopic (exact) mass is 548 g/mol. The Morgan fingerprint density at radius 2 is 1.95 bits per heavy atom. The Morgan fingerprint density at radius 3 is 2.67 bits per heavy atom. The Balaban J connectivity index is 1.18. The second kappa shape index (κ2) is 9.87. The topological polar surface area (TPSA) is 103 Å². The van der Waals surface area contributed by atoms with Gasteiger partial charge in [-0.15, -0.1) is 0 Å². The highest BCUT2D eigenvalue weighted by Gasteiger charge is 2.38. The first-order chi connectivity index (χ1) is 19.1. The second-order valence-corrected chi connectivity index (χ2v) is 11.8. The fraction of sp³-hybridized carbons (Fsp3) is 0.483. The molecule has 0 aliphatic carbocycles. The lowest BCUT2D eigenvalue weighted by Crippen LogP contribution is -2.42. The quantitative estimate of drug-likeness (QED) is 0.441. The summed E-state index contributed by atoms with van der Waals surface area (Å²) in [6, 6.07) is 2.35. The van der Waals surface area contributed by atoms with Crippen LogP contribution in [0.5, 0.6) is 0 Å². The summed E-state index contributed by atoms with van der Waals surface area (Å²) < 4.78 is 24.7. The highest BCUT2D eigenvalue weighted by molar-refractivity contribution is 6.01. The largest absolute Gasteiger partial charge is 0.444 e. The van der Waals surface area contributed by atoms with Crippen molar-refractivity contribution in [3.05, 3.63) is 59.2 Å². The van der Waals surface area contributed by atoms with Crippen molar-refractivity contribution in [1.29, 1.82) is 0 Å². The van der Waals surface area contributed by atoms with Gasteiger partial charge in [-0.3, -0.25) is 9.48 Å². The number of halogens is 1. The second-order valence-electron chi connectivity index (χ2n) is 11.8. The minimum atomic E-state index is -0.855. The number of carbonyl (C=O) groups excluding carboxylic acids is 3. The third kappa shape index (κ3) is 4.67. The number of rotatable bonds is 5. The summed E-state index contributed by atoms with van der Waals surface area (Å²) in [7, 11) is 0. The molecule has 0 N–H and O–H groups in total. The number of piperidine rings is 1. The summed E-state index contributed by atoms with van der Waals surface area (Å²) in [4.78, 5) is 45.5. The lowest BCUT2D eigenvalue weighted by molar-refractivity contribution is -0.112. The van der Waals surface area contributed by atoms with E-state index >= 15 is 4.39 Å². The highest BCUT2D eigenvalue weighted by atomic mass is 19.1. The summed E-state index contributed by atoms with van der Waals surface area (Å²) in [5.74, 6) is -0.865. The molecule has 0 bridgehead atoms. The molecule has 1 saturated heterocycles. The summed E-state index contributed by atoms with van der Waals surface area (Å²) in [5.41, 5.74) is 2.80. The van der Waals surface area contributed by atoms with Crippen molar-refractivity contribution in [3.63, 3.8) is 0 Å². The van der Waals surface area contributed by atoms with Crippen LogP contribution < -0.4 is 0 Å². The molecule has 210 valence electrons. The molecule has 1 atom stereocenters. The number of imidazole rings is 1. The summed E-state index contributed by atoms with van der Waals surface area (Å²) in [6.07, 6.45) is 8.86. The number of aryl methyl sites for hydroxylation is 1. The molecule has 0 radical (unpaired) electrons. The zero-order valence-electron chi connectivity index (χ0n) is 23.0. The van der Waals surface area contributed by atoms with Gasteiger partial charge in [-0.05, 0) is 64.2 Å². The molecule has 6 rings (SSSR count). The van der Waals surface area contributed by atoms with Crippen molar-refractivity contribution in [2.75, 3.05) is 13.1 Å². The Bertz CT molecular complexity index is 1480. The van der Waals surface area contributed by atoms with Crippen LogP contribution in [0.25, 0.3) is 11.1 Å². The van der Waals surface area contributed by atoms with E-state index in [1.54, 1.807) is 23.5 Å². The van der Waals surface area contributed by atoms with Gasteiger partial charge in [0, 0.05) is 48.2 Å². The molecule has 3 aromatic rings. The van der Waals surface area contributed by atoms with E-state index in [4.69, 9.17) is 4.74 Å². The highest BCUT2D eigenvalue weighted by Crippen LogP contribution is 2.36. The fourth-order valence-corrected chi connectivity index (χ4v) is 5.94. The smallest absolute Gasteiger partial charge is 0.410 e. The molecule has 5 heterocycles. The lowest BCUT2D eigenvalue weighted by atomic mass is 10.0. The van der Waals surface area contributed by atoms with E-state index in [-0.39, 0.29) is 30.2 Å².